The summed E-state index contributed by atoms with van der Waals surface area (Å²) in [7, 11) is 1.79. The highest BCUT2D eigenvalue weighted by atomic mass is 32.1. The van der Waals surface area contributed by atoms with Gasteiger partial charge < -0.3 is 4.90 Å². The molecule has 0 aliphatic carbocycles. The van der Waals surface area contributed by atoms with Gasteiger partial charge in [0.25, 0.3) is 5.91 Å². The van der Waals surface area contributed by atoms with Gasteiger partial charge in [0.05, 0.1) is 11.6 Å². The quantitative estimate of drug-likeness (QED) is 0.715. The molecule has 8 heteroatoms. The number of piperidine rings is 1. The second-order valence-electron chi connectivity index (χ2n) is 6.12. The van der Waals surface area contributed by atoms with E-state index < -0.39 is 0 Å². The van der Waals surface area contributed by atoms with Gasteiger partial charge in [-0.15, -0.1) is 16.4 Å². The molecule has 1 fully saturated rings. The second-order valence-corrected chi connectivity index (χ2v) is 7.01. The Labute approximate surface area is 143 Å². The van der Waals surface area contributed by atoms with Gasteiger partial charge in [-0.05, 0) is 32.3 Å². The third-order valence-corrected chi connectivity index (χ3v) is 5.44. The van der Waals surface area contributed by atoms with Crippen LogP contribution in [0.2, 0.25) is 0 Å². The topological polar surface area (TPSA) is 76.8 Å². The van der Waals surface area contributed by atoms with Crippen molar-refractivity contribution < 1.29 is 4.79 Å². The molecule has 7 nitrogen and oxygen atoms in total. The minimum absolute atomic E-state index is 0.00685. The van der Waals surface area contributed by atoms with Crippen LogP contribution in [-0.2, 0) is 7.05 Å². The summed E-state index contributed by atoms with van der Waals surface area (Å²) in [6.07, 6.45) is 4.72. The summed E-state index contributed by atoms with van der Waals surface area (Å²) < 4.78 is 1.60. The van der Waals surface area contributed by atoms with Gasteiger partial charge in [0.15, 0.2) is 5.65 Å². The van der Waals surface area contributed by atoms with Crippen molar-refractivity contribution in [3.8, 4) is 0 Å². The fourth-order valence-corrected chi connectivity index (χ4v) is 4.11. The van der Waals surface area contributed by atoms with E-state index in [9.17, 15) is 4.79 Å². The monoisotopic (exact) mass is 342 g/mol. The van der Waals surface area contributed by atoms with E-state index in [-0.39, 0.29) is 11.9 Å². The molecule has 1 atom stereocenters. The lowest BCUT2D eigenvalue weighted by Gasteiger charge is -2.34. The first-order valence-electron chi connectivity index (χ1n) is 8.02. The molecular formula is C16H18N6OS. The van der Waals surface area contributed by atoms with Crippen LogP contribution in [0.1, 0.15) is 46.4 Å². The van der Waals surface area contributed by atoms with E-state index in [1.807, 2.05) is 17.2 Å². The Morgan fingerprint density at radius 2 is 2.25 bits per heavy atom. The average Bonchev–Trinajstić information content (AvgIpc) is 3.20. The average molecular weight is 342 g/mol. The molecule has 1 aliphatic rings. The Kier molecular flexibility index (Phi) is 3.76. The van der Waals surface area contributed by atoms with Crippen molar-refractivity contribution in [2.45, 2.75) is 32.2 Å². The number of thiazole rings is 1. The molecule has 3 aromatic heterocycles. The summed E-state index contributed by atoms with van der Waals surface area (Å²) in [4.78, 5) is 23.9. The first kappa shape index (κ1) is 15.2. The van der Waals surface area contributed by atoms with E-state index in [0.29, 0.717) is 16.7 Å². The molecule has 0 N–H and O–H groups in total. The first-order valence-corrected chi connectivity index (χ1v) is 8.90. The highest BCUT2D eigenvalue weighted by Crippen LogP contribution is 2.33. The van der Waals surface area contributed by atoms with Crippen LogP contribution in [0.3, 0.4) is 0 Å². The number of aryl methyl sites for hydroxylation is 2. The van der Waals surface area contributed by atoms with Crippen LogP contribution in [0.4, 0.5) is 0 Å². The Hall–Kier alpha value is -2.35. The van der Waals surface area contributed by atoms with Gasteiger partial charge in [-0.3, -0.25) is 4.79 Å². The molecule has 0 radical (unpaired) electrons. The fraction of sp³-hybridized carbons (Fsp3) is 0.438. The molecule has 1 amide bonds. The zero-order valence-corrected chi connectivity index (χ0v) is 14.5. The third-order valence-electron chi connectivity index (χ3n) is 4.37. The molecule has 4 heterocycles. The van der Waals surface area contributed by atoms with Crippen LogP contribution in [0.15, 0.2) is 17.6 Å². The molecule has 1 saturated heterocycles. The van der Waals surface area contributed by atoms with Crippen molar-refractivity contribution in [1.82, 2.24) is 29.9 Å². The molecule has 0 spiro atoms. The van der Waals surface area contributed by atoms with E-state index >= 15 is 0 Å². The molecule has 1 aliphatic heterocycles. The summed E-state index contributed by atoms with van der Waals surface area (Å²) in [5.74, 6) is -0.00685. The molecule has 0 bridgehead atoms. The van der Waals surface area contributed by atoms with Gasteiger partial charge in [0.1, 0.15) is 10.5 Å². The van der Waals surface area contributed by atoms with Crippen molar-refractivity contribution in [3.05, 3.63) is 33.9 Å². The van der Waals surface area contributed by atoms with Gasteiger partial charge in [0.2, 0.25) is 0 Å². The van der Waals surface area contributed by atoms with E-state index in [4.69, 9.17) is 0 Å². The number of carbonyl (C=O) groups excluding carboxylic acids is 1. The third kappa shape index (κ3) is 2.56. The van der Waals surface area contributed by atoms with E-state index in [1.54, 1.807) is 35.3 Å². The molecule has 0 aromatic carbocycles. The Morgan fingerprint density at radius 3 is 3.04 bits per heavy atom. The van der Waals surface area contributed by atoms with Crippen LogP contribution in [0, 0.1) is 6.92 Å². The molecular weight excluding hydrogens is 324 g/mol. The van der Waals surface area contributed by atoms with Crippen molar-refractivity contribution in [2.24, 2.45) is 7.05 Å². The molecule has 4 rings (SSSR count). The normalized spacial score (nSPS) is 18.2. The Morgan fingerprint density at radius 1 is 1.38 bits per heavy atom. The summed E-state index contributed by atoms with van der Waals surface area (Å²) >= 11 is 1.63. The number of hydrogen-bond donors (Lipinski definition) is 0. The summed E-state index contributed by atoms with van der Waals surface area (Å²) in [5.41, 5.74) is 2.89. The minimum atomic E-state index is -0.00685. The molecule has 24 heavy (non-hydrogen) atoms. The number of nitrogens with zero attached hydrogens (tertiary/aromatic N) is 6. The molecule has 124 valence electrons. The highest BCUT2D eigenvalue weighted by molar-refractivity contribution is 7.09. The summed E-state index contributed by atoms with van der Waals surface area (Å²) in [6.45, 7) is 2.74. The summed E-state index contributed by atoms with van der Waals surface area (Å²) in [6, 6.07) is 1.83. The largest absolute Gasteiger partial charge is 0.329 e. The second kappa shape index (κ2) is 5.94. The number of rotatable bonds is 2. The van der Waals surface area contributed by atoms with Crippen LogP contribution in [0.25, 0.3) is 11.2 Å². The van der Waals surface area contributed by atoms with Crippen LogP contribution in [0.5, 0.6) is 0 Å². The molecule has 3 aromatic rings. The lowest BCUT2D eigenvalue weighted by molar-refractivity contribution is 0.0611. The zero-order chi connectivity index (χ0) is 16.7. The predicted molar refractivity (Wildman–Crippen MR) is 90.8 cm³/mol. The smallest absolute Gasteiger partial charge is 0.256 e. The van der Waals surface area contributed by atoms with Crippen molar-refractivity contribution in [1.29, 1.82) is 0 Å². The maximum atomic E-state index is 13.0. The lowest BCUT2D eigenvalue weighted by atomic mass is 10.0. The van der Waals surface area contributed by atoms with Gasteiger partial charge >= 0.3 is 0 Å². The minimum Gasteiger partial charge on any atom is -0.329 e. The van der Waals surface area contributed by atoms with Gasteiger partial charge in [0, 0.05) is 30.9 Å². The van der Waals surface area contributed by atoms with Crippen molar-refractivity contribution in [3.63, 3.8) is 0 Å². The van der Waals surface area contributed by atoms with E-state index in [0.717, 1.165) is 36.5 Å². The predicted octanol–water partition coefficient (Wildman–Crippen LogP) is 2.50. The number of aromatic nitrogens is 5. The van der Waals surface area contributed by atoms with Crippen LogP contribution in [-0.4, -0.2) is 42.3 Å². The molecule has 1 unspecified atom stereocenters. The van der Waals surface area contributed by atoms with Gasteiger partial charge in [-0.2, -0.15) is 0 Å². The maximum absolute atomic E-state index is 13.0. The fourth-order valence-electron chi connectivity index (χ4n) is 3.17. The molecule has 0 saturated carbocycles. The van der Waals surface area contributed by atoms with Crippen LogP contribution < -0.4 is 0 Å². The maximum Gasteiger partial charge on any atom is 0.256 e. The van der Waals surface area contributed by atoms with Crippen LogP contribution >= 0.6 is 11.3 Å². The number of amides is 1. The van der Waals surface area contributed by atoms with Crippen molar-refractivity contribution in [2.75, 3.05) is 6.54 Å². The van der Waals surface area contributed by atoms with Gasteiger partial charge in [-0.25, -0.2) is 14.6 Å². The Balaban J connectivity index is 1.67. The standard InChI is InChI=1S/C16H18N6OS/c1-10-9-24-15(18-10)13-5-3-4-6-22(13)16(23)11-7-12-14(17-8-11)21(2)20-19-12/h7-9,13H,3-6H2,1-2H3. The number of likely N-dealkylation sites (tertiary alicyclic amines) is 1. The number of carbonyl (C=O) groups is 1. The van der Waals surface area contributed by atoms with Gasteiger partial charge in [-0.1, -0.05) is 5.21 Å². The first-order chi connectivity index (χ1) is 11.6. The number of fused-ring (bicyclic) bond motifs is 1. The SMILES string of the molecule is Cc1csc(C2CCCCN2C(=O)c2cnc3c(c2)nnn3C)n1. The lowest BCUT2D eigenvalue weighted by Crippen LogP contribution is -2.38. The zero-order valence-electron chi connectivity index (χ0n) is 13.6. The van der Waals surface area contributed by atoms with E-state index in [2.05, 4.69) is 20.3 Å². The van der Waals surface area contributed by atoms with Crippen molar-refractivity contribution >= 4 is 28.4 Å². The van der Waals surface area contributed by atoms with E-state index in [1.165, 1.54) is 0 Å². The highest BCUT2D eigenvalue weighted by Gasteiger charge is 2.31. The summed E-state index contributed by atoms with van der Waals surface area (Å²) in [5, 5.41) is 11.1. The Bertz CT molecular complexity index is 901. The number of hydrogen-bond acceptors (Lipinski definition) is 6. The number of pyridine rings is 1.